The lowest BCUT2D eigenvalue weighted by Gasteiger charge is -2.03. The summed E-state index contributed by atoms with van der Waals surface area (Å²) in [6.45, 7) is 3.65. The van der Waals surface area contributed by atoms with E-state index < -0.39 is 23.6 Å². The summed E-state index contributed by atoms with van der Waals surface area (Å²) in [7, 11) is 4.58. The van der Waals surface area contributed by atoms with Crippen molar-refractivity contribution in [1.82, 2.24) is 34.7 Å². The first-order valence-corrected chi connectivity index (χ1v) is 11.7. The molecule has 3 heterocycles. The molecule has 0 saturated heterocycles. The van der Waals surface area contributed by atoms with E-state index in [9.17, 15) is 19.2 Å². The Morgan fingerprint density at radius 2 is 1.23 bits per heavy atom. The Morgan fingerprint density at radius 1 is 0.846 bits per heavy atom. The number of nitrogens with zero attached hydrogens (tertiary/aromatic N) is 6. The van der Waals surface area contributed by atoms with Crippen LogP contribution in [0.25, 0.3) is 0 Å². The fourth-order valence-electron chi connectivity index (χ4n) is 3.17. The second-order valence-electron chi connectivity index (χ2n) is 7.91. The molecular weight excluding hydrogens is 600 g/mol. The number of hydrogen-bond donors (Lipinski definition) is 6. The van der Waals surface area contributed by atoms with Crippen molar-refractivity contribution in [2.75, 3.05) is 22.5 Å². The van der Waals surface area contributed by atoms with Gasteiger partial charge in [-0.3, -0.25) is 38.6 Å². The molecule has 0 unspecified atom stereocenters. The van der Waals surface area contributed by atoms with Gasteiger partial charge in [-0.1, -0.05) is 6.58 Å². The number of halogens is 2. The Morgan fingerprint density at radius 3 is 1.62 bits per heavy atom. The van der Waals surface area contributed by atoms with Crippen LogP contribution in [0.1, 0.15) is 37.9 Å². The van der Waals surface area contributed by atoms with Gasteiger partial charge in [-0.05, 0) is 15.9 Å². The first kappa shape index (κ1) is 30.7. The van der Waals surface area contributed by atoms with Crippen molar-refractivity contribution >= 4 is 75.3 Å². The topological polar surface area (TPSA) is 220 Å². The fraction of sp³-hybridized carbons (Fsp3) is 0.238. The van der Waals surface area contributed by atoms with Gasteiger partial charge in [-0.2, -0.15) is 15.3 Å². The third-order valence-corrected chi connectivity index (χ3v) is 5.35. The zero-order chi connectivity index (χ0) is 28.1. The minimum atomic E-state index is -0.581. The number of rotatable bonds is 10. The third kappa shape index (κ3) is 7.74. The van der Waals surface area contributed by atoms with Gasteiger partial charge in [0.2, 0.25) is 0 Å². The summed E-state index contributed by atoms with van der Waals surface area (Å²) in [6, 6.07) is 4.12. The lowest BCUT2D eigenvalue weighted by Crippen LogP contribution is -2.29. The van der Waals surface area contributed by atoms with Crippen LogP contribution in [-0.2, 0) is 25.9 Å². The SMILES string of the molecule is C=C(Br)C(=O)Nc1cc(C(=O)Nc2cc(C(=O)Nc3cc(C(=O)NCCC(=N)N)n(C)n3)n(C)n2)n(C)n1.Cl. The Bertz CT molecular complexity index is 1460. The second-order valence-corrected chi connectivity index (χ2v) is 8.87. The standard InChI is InChI=1S/C21H25BrN12O4.ClH/c1-10(22)18(35)26-15-8-12(33(3)29-15)20(37)28-17-9-13(34(4)31-17)21(38)27-16-7-11(32(2)30-16)19(36)25-6-5-14(23)24;/h7-9H,1,5-6H2,2-4H3,(H3,23,24)(H,25,36)(H,26,29,35)(H,27,30,38)(H,28,31,37);1H. The molecule has 39 heavy (non-hydrogen) atoms. The summed E-state index contributed by atoms with van der Waals surface area (Å²) in [5, 5.41) is 29.8. The molecule has 0 saturated carbocycles. The summed E-state index contributed by atoms with van der Waals surface area (Å²) in [5.74, 6) is -1.80. The van der Waals surface area contributed by atoms with Crippen LogP contribution < -0.4 is 27.0 Å². The van der Waals surface area contributed by atoms with Gasteiger partial charge in [-0.15, -0.1) is 12.4 Å². The van der Waals surface area contributed by atoms with Crippen LogP contribution in [0, 0.1) is 5.41 Å². The number of carbonyl (C=O) groups is 4. The summed E-state index contributed by atoms with van der Waals surface area (Å²) in [6.07, 6.45) is 0.207. The zero-order valence-corrected chi connectivity index (χ0v) is 23.4. The van der Waals surface area contributed by atoms with E-state index in [0.29, 0.717) is 0 Å². The van der Waals surface area contributed by atoms with Crippen molar-refractivity contribution in [3.63, 3.8) is 0 Å². The summed E-state index contributed by atoms with van der Waals surface area (Å²) < 4.78 is 3.93. The third-order valence-electron chi connectivity index (χ3n) is 4.99. The number of carbonyl (C=O) groups excluding carboxylic acids is 4. The molecule has 3 rings (SSSR count). The molecule has 0 aromatic carbocycles. The predicted molar refractivity (Wildman–Crippen MR) is 148 cm³/mol. The van der Waals surface area contributed by atoms with Crippen LogP contribution in [0.4, 0.5) is 17.5 Å². The minimum absolute atomic E-state index is 0. The molecule has 0 aliphatic carbocycles. The minimum Gasteiger partial charge on any atom is -0.388 e. The van der Waals surface area contributed by atoms with E-state index in [4.69, 9.17) is 11.1 Å². The van der Waals surface area contributed by atoms with E-state index in [1.807, 2.05) is 0 Å². The Labute approximate surface area is 236 Å². The van der Waals surface area contributed by atoms with Gasteiger partial charge in [0.05, 0.1) is 10.3 Å². The van der Waals surface area contributed by atoms with Gasteiger partial charge in [0.15, 0.2) is 17.5 Å². The smallest absolute Gasteiger partial charge is 0.275 e. The van der Waals surface area contributed by atoms with E-state index in [1.165, 1.54) is 46.3 Å². The number of aryl methyl sites for hydroxylation is 3. The van der Waals surface area contributed by atoms with Crippen LogP contribution in [-0.4, -0.2) is 65.4 Å². The number of anilines is 3. The van der Waals surface area contributed by atoms with E-state index in [2.05, 4.69) is 59.1 Å². The highest BCUT2D eigenvalue weighted by Crippen LogP contribution is 2.16. The second kappa shape index (κ2) is 12.8. The van der Waals surface area contributed by atoms with Gasteiger partial charge in [0.1, 0.15) is 17.1 Å². The molecule has 0 atom stereocenters. The summed E-state index contributed by atoms with van der Waals surface area (Å²) in [4.78, 5) is 49.6. The first-order chi connectivity index (χ1) is 17.8. The highest BCUT2D eigenvalue weighted by atomic mass is 79.9. The lowest BCUT2D eigenvalue weighted by molar-refractivity contribution is -0.112. The van der Waals surface area contributed by atoms with E-state index in [0.717, 1.165) is 0 Å². The maximum atomic E-state index is 12.8. The van der Waals surface area contributed by atoms with Gasteiger partial charge in [0.25, 0.3) is 23.6 Å². The molecule has 0 aliphatic rings. The van der Waals surface area contributed by atoms with Crippen molar-refractivity contribution in [3.05, 3.63) is 46.3 Å². The molecule has 0 fully saturated rings. The van der Waals surface area contributed by atoms with E-state index >= 15 is 0 Å². The highest BCUT2D eigenvalue weighted by Gasteiger charge is 2.20. The predicted octanol–water partition coefficient (Wildman–Crippen LogP) is 0.716. The van der Waals surface area contributed by atoms with E-state index in [-0.39, 0.29) is 70.2 Å². The Balaban J connectivity index is 0.00000533. The van der Waals surface area contributed by atoms with Gasteiger partial charge < -0.3 is 27.0 Å². The molecule has 0 bridgehead atoms. The lowest BCUT2D eigenvalue weighted by atomic mass is 10.3. The summed E-state index contributed by atoms with van der Waals surface area (Å²) in [5.41, 5.74) is 5.70. The Kier molecular flexibility index (Phi) is 10.1. The van der Waals surface area contributed by atoms with Gasteiger partial charge in [-0.25, -0.2) is 0 Å². The van der Waals surface area contributed by atoms with Crippen molar-refractivity contribution < 1.29 is 19.2 Å². The Hall–Kier alpha value is -4.51. The molecule has 0 radical (unpaired) electrons. The molecule has 3 aromatic heterocycles. The fourth-order valence-corrected chi connectivity index (χ4v) is 3.27. The highest BCUT2D eigenvalue weighted by molar-refractivity contribution is 9.12. The van der Waals surface area contributed by atoms with Crippen molar-refractivity contribution in [2.45, 2.75) is 6.42 Å². The zero-order valence-electron chi connectivity index (χ0n) is 21.0. The molecule has 4 amide bonds. The van der Waals surface area contributed by atoms with Crippen LogP contribution >= 0.6 is 28.3 Å². The quantitative estimate of drug-likeness (QED) is 0.107. The van der Waals surface area contributed by atoms with Crippen LogP contribution in [0.3, 0.4) is 0 Å². The molecule has 16 nitrogen and oxygen atoms in total. The van der Waals surface area contributed by atoms with Gasteiger partial charge >= 0.3 is 0 Å². The monoisotopic (exact) mass is 624 g/mol. The van der Waals surface area contributed by atoms with Crippen molar-refractivity contribution in [1.29, 1.82) is 5.41 Å². The number of nitrogens with two attached hydrogens (primary N) is 1. The van der Waals surface area contributed by atoms with Gasteiger partial charge in [0, 0.05) is 52.3 Å². The van der Waals surface area contributed by atoms with Crippen LogP contribution in [0.15, 0.2) is 29.3 Å². The summed E-state index contributed by atoms with van der Waals surface area (Å²) >= 11 is 2.96. The number of hydrogen-bond acceptors (Lipinski definition) is 8. The van der Waals surface area contributed by atoms with Crippen molar-refractivity contribution in [3.8, 4) is 0 Å². The first-order valence-electron chi connectivity index (χ1n) is 10.9. The average molecular weight is 626 g/mol. The molecule has 0 aliphatic heterocycles. The number of nitrogens with one attached hydrogen (secondary N) is 5. The molecule has 0 spiro atoms. The maximum absolute atomic E-state index is 12.8. The largest absolute Gasteiger partial charge is 0.388 e. The van der Waals surface area contributed by atoms with Crippen LogP contribution in [0.2, 0.25) is 0 Å². The van der Waals surface area contributed by atoms with E-state index in [1.54, 1.807) is 7.05 Å². The maximum Gasteiger partial charge on any atom is 0.275 e. The molecule has 208 valence electrons. The molecule has 3 aromatic rings. The molecule has 18 heteroatoms. The number of aromatic nitrogens is 6. The average Bonchev–Trinajstić information content (AvgIpc) is 3.49. The van der Waals surface area contributed by atoms with Crippen molar-refractivity contribution in [2.24, 2.45) is 26.9 Å². The molecule has 7 N–H and O–H groups in total. The van der Waals surface area contributed by atoms with Crippen LogP contribution in [0.5, 0.6) is 0 Å². The number of amidine groups is 1. The molecular formula is C21H26BrClN12O4. The normalized spacial score (nSPS) is 10.3. The number of amides is 4.